The van der Waals surface area contributed by atoms with Gasteiger partial charge in [-0.05, 0) is 49.6 Å². The van der Waals surface area contributed by atoms with Crippen molar-refractivity contribution < 1.29 is 0 Å². The molecule has 0 aliphatic carbocycles. The van der Waals surface area contributed by atoms with E-state index >= 15 is 0 Å². The molecule has 1 atom stereocenters. The van der Waals surface area contributed by atoms with Crippen molar-refractivity contribution in [3.8, 4) is 6.07 Å². The number of rotatable bonds is 4. The average Bonchev–Trinajstić information content (AvgIpc) is 2.72. The van der Waals surface area contributed by atoms with Gasteiger partial charge in [-0.25, -0.2) is 4.98 Å². The number of hydrogen-bond donors (Lipinski definition) is 2. The molecule has 0 bridgehead atoms. The van der Waals surface area contributed by atoms with Crippen LogP contribution in [0.2, 0.25) is 5.02 Å². The highest BCUT2D eigenvalue weighted by atomic mass is 35.5. The first-order valence-corrected chi connectivity index (χ1v) is 10.4. The third-order valence-corrected chi connectivity index (χ3v) is 5.46. The molecular weight excluding hydrogens is 410 g/mol. The monoisotopic (exact) mass is 431 g/mol. The molecule has 3 aromatic rings. The molecule has 0 radical (unpaired) electrons. The molecule has 2 N–H and O–H groups in total. The molecule has 1 aromatic heterocycles. The fraction of sp³-hybridized carbons (Fsp3) is 0.250. The maximum absolute atomic E-state index is 12.3. The van der Waals surface area contributed by atoms with Crippen molar-refractivity contribution in [2.45, 2.75) is 38.3 Å². The number of nitriles is 1. The van der Waals surface area contributed by atoms with Gasteiger partial charge in [0.2, 0.25) is 0 Å². The number of amidine groups is 1. The second-order valence-corrected chi connectivity index (χ2v) is 8.73. The Bertz CT molecular complexity index is 1240. The highest BCUT2D eigenvalue weighted by Crippen LogP contribution is 2.28. The lowest BCUT2D eigenvalue weighted by molar-refractivity contribution is 0.445. The van der Waals surface area contributed by atoms with E-state index in [9.17, 15) is 4.79 Å². The summed E-state index contributed by atoms with van der Waals surface area (Å²) < 4.78 is 0. The second kappa shape index (κ2) is 8.37. The Labute approximate surface area is 185 Å². The van der Waals surface area contributed by atoms with E-state index < -0.39 is 11.6 Å². The van der Waals surface area contributed by atoms with Crippen molar-refractivity contribution in [1.29, 1.82) is 5.26 Å². The van der Waals surface area contributed by atoms with Crippen LogP contribution in [-0.2, 0) is 12.8 Å². The van der Waals surface area contributed by atoms with Gasteiger partial charge in [0.25, 0.3) is 5.56 Å². The van der Waals surface area contributed by atoms with E-state index in [2.05, 4.69) is 29.1 Å². The summed E-state index contributed by atoms with van der Waals surface area (Å²) in [6.45, 7) is 4.22. The number of halogens is 1. The standard InChI is InChI=1S/C24H22ClN5O/c1-24(2)12-16-11-18(25)8-9-19(16)21(30-24)28-20(10-15-6-4-3-5-7-15)22-27-14-17(13-26)23(31)29-22/h3-9,11,14,20H,10,12H2,1-2H3,(H,28,30)(H,27,29,31)/t20-/m0/s1. The predicted octanol–water partition coefficient (Wildman–Crippen LogP) is 3.95. The summed E-state index contributed by atoms with van der Waals surface area (Å²) in [5.41, 5.74) is 2.48. The van der Waals surface area contributed by atoms with Crippen LogP contribution >= 0.6 is 11.6 Å². The summed E-state index contributed by atoms with van der Waals surface area (Å²) in [5.74, 6) is 1.15. The van der Waals surface area contributed by atoms with Crippen molar-refractivity contribution in [3.63, 3.8) is 0 Å². The van der Waals surface area contributed by atoms with Crippen molar-refractivity contribution in [3.05, 3.63) is 98.2 Å². The minimum Gasteiger partial charge on any atom is -0.365 e. The van der Waals surface area contributed by atoms with Gasteiger partial charge in [-0.2, -0.15) is 5.26 Å². The molecule has 2 aromatic carbocycles. The normalized spacial score (nSPS) is 16.8. The molecule has 0 spiro atoms. The smallest absolute Gasteiger partial charge is 0.268 e. The van der Waals surface area contributed by atoms with Crippen LogP contribution in [-0.4, -0.2) is 21.3 Å². The van der Waals surface area contributed by atoms with Gasteiger partial charge in [0.15, 0.2) is 0 Å². The molecule has 1 aliphatic heterocycles. The van der Waals surface area contributed by atoms with Gasteiger partial charge >= 0.3 is 0 Å². The Kier molecular flexibility index (Phi) is 5.62. The lowest BCUT2D eigenvalue weighted by Crippen LogP contribution is -2.49. The van der Waals surface area contributed by atoms with Gasteiger partial charge in [-0.1, -0.05) is 41.9 Å². The molecule has 0 amide bonds. The first-order chi connectivity index (χ1) is 14.8. The largest absolute Gasteiger partial charge is 0.365 e. The predicted molar refractivity (Wildman–Crippen MR) is 121 cm³/mol. The minimum absolute atomic E-state index is 0.0215. The molecule has 31 heavy (non-hydrogen) atoms. The van der Waals surface area contributed by atoms with Crippen LogP contribution in [0.3, 0.4) is 0 Å². The van der Waals surface area contributed by atoms with Crippen molar-refractivity contribution in [1.82, 2.24) is 15.3 Å². The van der Waals surface area contributed by atoms with Crippen molar-refractivity contribution >= 4 is 17.4 Å². The zero-order valence-electron chi connectivity index (χ0n) is 17.3. The lowest BCUT2D eigenvalue weighted by Gasteiger charge is -2.35. The Morgan fingerprint density at radius 3 is 2.74 bits per heavy atom. The molecule has 4 rings (SSSR count). The van der Waals surface area contributed by atoms with Gasteiger partial charge in [0.05, 0.1) is 6.20 Å². The molecule has 1 aliphatic rings. The third-order valence-electron chi connectivity index (χ3n) is 5.22. The first kappa shape index (κ1) is 20.8. The molecule has 156 valence electrons. The van der Waals surface area contributed by atoms with Crippen LogP contribution in [0.5, 0.6) is 0 Å². The highest BCUT2D eigenvalue weighted by Gasteiger charge is 2.30. The van der Waals surface area contributed by atoms with Crippen molar-refractivity contribution in [2.24, 2.45) is 4.99 Å². The molecular formula is C24H22ClN5O. The van der Waals surface area contributed by atoms with E-state index in [0.717, 1.165) is 28.9 Å². The molecule has 2 heterocycles. The number of nitrogens with one attached hydrogen (secondary N) is 2. The second-order valence-electron chi connectivity index (χ2n) is 8.29. The lowest BCUT2D eigenvalue weighted by atomic mass is 9.87. The van der Waals surface area contributed by atoms with Crippen LogP contribution < -0.4 is 10.9 Å². The van der Waals surface area contributed by atoms with Crippen LogP contribution in [0.15, 0.2) is 64.5 Å². The van der Waals surface area contributed by atoms with Crippen molar-refractivity contribution in [2.75, 3.05) is 0 Å². The topological polar surface area (TPSA) is 93.9 Å². The summed E-state index contributed by atoms with van der Waals surface area (Å²) in [6, 6.07) is 17.1. The van der Waals surface area contributed by atoms with Gasteiger partial charge < -0.3 is 10.3 Å². The number of nitrogens with zero attached hydrogens (tertiary/aromatic N) is 3. The fourth-order valence-corrected chi connectivity index (χ4v) is 4.00. The van der Waals surface area contributed by atoms with Crippen LogP contribution in [0.4, 0.5) is 0 Å². The molecule has 6 nitrogen and oxygen atoms in total. The number of hydrogen-bond acceptors (Lipinski definition) is 4. The average molecular weight is 432 g/mol. The summed E-state index contributed by atoms with van der Waals surface area (Å²) in [5, 5.41) is 13.3. The van der Waals surface area contributed by atoms with E-state index in [1.807, 2.05) is 54.6 Å². The number of H-pyrrole nitrogens is 1. The highest BCUT2D eigenvalue weighted by molar-refractivity contribution is 6.30. The van der Waals surface area contributed by atoms with E-state index in [1.54, 1.807) is 0 Å². The summed E-state index contributed by atoms with van der Waals surface area (Å²) >= 11 is 6.24. The van der Waals surface area contributed by atoms with Crippen LogP contribution in [0, 0.1) is 11.3 Å². The number of aromatic amines is 1. The van der Waals surface area contributed by atoms with Crippen LogP contribution in [0.1, 0.15) is 48.0 Å². The zero-order valence-corrected chi connectivity index (χ0v) is 18.1. The van der Waals surface area contributed by atoms with E-state index in [0.29, 0.717) is 17.3 Å². The minimum atomic E-state index is -0.463. The Hall–Kier alpha value is -3.43. The SMILES string of the molecule is CC1(C)Cc2cc(Cl)ccc2C(=N[C@@H](Cc2ccccc2)c2ncc(C#N)c(=O)[nH]2)N1. The zero-order chi connectivity index (χ0) is 22.0. The Morgan fingerprint density at radius 1 is 1.26 bits per heavy atom. The van der Waals surface area contributed by atoms with Crippen LogP contribution in [0.25, 0.3) is 0 Å². The molecule has 0 saturated carbocycles. The van der Waals surface area contributed by atoms with Gasteiger partial charge in [0.1, 0.15) is 29.3 Å². The first-order valence-electron chi connectivity index (χ1n) is 10.0. The van der Waals surface area contributed by atoms with Gasteiger partial charge in [-0.3, -0.25) is 9.79 Å². The van der Waals surface area contributed by atoms with E-state index in [-0.39, 0.29) is 11.1 Å². The summed E-state index contributed by atoms with van der Waals surface area (Å²) in [6.07, 6.45) is 2.67. The van der Waals surface area contributed by atoms with E-state index in [1.165, 1.54) is 6.20 Å². The summed E-state index contributed by atoms with van der Waals surface area (Å²) in [7, 11) is 0. The Morgan fingerprint density at radius 2 is 2.03 bits per heavy atom. The quantitative estimate of drug-likeness (QED) is 0.654. The Balaban J connectivity index is 1.82. The molecule has 7 heteroatoms. The van der Waals surface area contributed by atoms with Gasteiger partial charge in [-0.15, -0.1) is 0 Å². The molecule has 0 fully saturated rings. The maximum Gasteiger partial charge on any atom is 0.268 e. The fourth-order valence-electron chi connectivity index (χ4n) is 3.80. The summed E-state index contributed by atoms with van der Waals surface area (Å²) in [4.78, 5) is 24.4. The number of aromatic nitrogens is 2. The molecule has 0 unspecified atom stereocenters. The van der Waals surface area contributed by atoms with E-state index in [4.69, 9.17) is 21.9 Å². The third kappa shape index (κ3) is 4.68. The number of benzene rings is 2. The molecule has 0 saturated heterocycles. The number of aliphatic imine (C=N–C) groups is 1. The number of fused-ring (bicyclic) bond motifs is 1. The maximum atomic E-state index is 12.3. The van der Waals surface area contributed by atoms with Gasteiger partial charge in [0, 0.05) is 22.5 Å².